The second-order valence-electron chi connectivity index (χ2n) is 4.77. The molecular weight excluding hydrogens is 226 g/mol. The van der Waals surface area contributed by atoms with Gasteiger partial charge in [0.05, 0.1) is 0 Å². The topological polar surface area (TPSA) is 57.6 Å². The predicted molar refractivity (Wildman–Crippen MR) is 65.0 cm³/mol. The minimum Gasteiger partial charge on any atom is -0.480 e. The molecule has 1 saturated heterocycles. The van der Waals surface area contributed by atoms with Crippen LogP contribution in [0.3, 0.4) is 0 Å². The van der Waals surface area contributed by atoms with Gasteiger partial charge in [-0.05, 0) is 39.8 Å². The van der Waals surface area contributed by atoms with Crippen molar-refractivity contribution >= 4 is 16.8 Å². The minimum atomic E-state index is -1.30. The number of carboxylic acid groups (broad SMARTS) is 1. The summed E-state index contributed by atoms with van der Waals surface area (Å²) in [5, 5.41) is 8.94. The molecule has 1 N–H and O–H groups in total. The van der Waals surface area contributed by atoms with Crippen molar-refractivity contribution in [2.75, 3.05) is 25.4 Å². The number of carboxylic acids is 1. The van der Waals surface area contributed by atoms with Crippen LogP contribution in [0, 0.1) is 0 Å². The quantitative estimate of drug-likeness (QED) is 0.790. The largest absolute Gasteiger partial charge is 0.480 e. The number of hydrogen-bond donors (Lipinski definition) is 1. The summed E-state index contributed by atoms with van der Waals surface area (Å²) < 4.78 is 10.7. The molecule has 0 aromatic rings. The van der Waals surface area contributed by atoms with Crippen molar-refractivity contribution in [1.82, 2.24) is 4.90 Å². The fraction of sp³-hybridized carbons (Fsp3) is 0.909. The van der Waals surface area contributed by atoms with Crippen molar-refractivity contribution in [3.8, 4) is 0 Å². The normalized spacial score (nSPS) is 20.6. The summed E-state index contributed by atoms with van der Waals surface area (Å²) in [7, 11) is -1.30. The first kappa shape index (κ1) is 13.6. The van der Waals surface area contributed by atoms with Crippen LogP contribution >= 0.6 is 0 Å². The molecule has 1 aliphatic heterocycles. The molecule has 1 fully saturated rings. The van der Waals surface area contributed by atoms with E-state index >= 15 is 0 Å². The van der Waals surface area contributed by atoms with E-state index in [0.717, 1.165) is 19.6 Å². The third-order valence-electron chi connectivity index (χ3n) is 3.13. The van der Waals surface area contributed by atoms with E-state index in [0.29, 0.717) is 5.75 Å². The van der Waals surface area contributed by atoms with Crippen LogP contribution in [0.4, 0.5) is 0 Å². The number of aliphatic carboxylic acids is 1. The molecule has 0 spiro atoms. The molecule has 1 unspecified atom stereocenters. The molecule has 1 atom stereocenters. The molecule has 0 radical (unpaired) electrons. The van der Waals surface area contributed by atoms with Crippen LogP contribution in [-0.2, 0) is 15.6 Å². The van der Waals surface area contributed by atoms with Gasteiger partial charge in [0.1, 0.15) is 4.75 Å². The maximum atomic E-state index is 11.9. The maximum absolute atomic E-state index is 11.9. The number of carbonyl (C=O) groups is 1. The van der Waals surface area contributed by atoms with Gasteiger partial charge in [0, 0.05) is 23.1 Å². The van der Waals surface area contributed by atoms with Gasteiger partial charge in [0.15, 0.2) is 0 Å². The summed E-state index contributed by atoms with van der Waals surface area (Å²) in [5.74, 6) is -0.524. The van der Waals surface area contributed by atoms with Crippen LogP contribution in [0.5, 0.6) is 0 Å². The van der Waals surface area contributed by atoms with Crippen molar-refractivity contribution in [2.24, 2.45) is 0 Å². The Hall–Kier alpha value is -0.420. The van der Waals surface area contributed by atoms with Crippen molar-refractivity contribution in [3.63, 3.8) is 0 Å². The monoisotopic (exact) mass is 247 g/mol. The SMILES string of the molecule is CC(C)(C(=O)O)S(=O)CCN1CCCCC1. The molecule has 0 aromatic carbocycles. The zero-order valence-electron chi connectivity index (χ0n) is 10.1. The van der Waals surface area contributed by atoms with E-state index in [-0.39, 0.29) is 0 Å². The minimum absolute atomic E-state index is 0.458. The third kappa shape index (κ3) is 3.56. The lowest BCUT2D eigenvalue weighted by Crippen LogP contribution is -2.41. The number of nitrogens with zero attached hydrogens (tertiary/aromatic N) is 1. The van der Waals surface area contributed by atoms with Gasteiger partial charge < -0.3 is 10.0 Å². The first-order valence-electron chi connectivity index (χ1n) is 5.79. The molecule has 0 bridgehead atoms. The number of hydrogen-bond acceptors (Lipinski definition) is 3. The highest BCUT2D eigenvalue weighted by Crippen LogP contribution is 2.14. The van der Waals surface area contributed by atoms with E-state index in [1.165, 1.54) is 33.1 Å². The Morgan fingerprint density at radius 1 is 1.31 bits per heavy atom. The average molecular weight is 247 g/mol. The van der Waals surface area contributed by atoms with Crippen molar-refractivity contribution in [2.45, 2.75) is 37.9 Å². The van der Waals surface area contributed by atoms with Gasteiger partial charge in [0.2, 0.25) is 0 Å². The highest BCUT2D eigenvalue weighted by atomic mass is 32.2. The van der Waals surface area contributed by atoms with Crippen LogP contribution in [0.15, 0.2) is 0 Å². The van der Waals surface area contributed by atoms with Crippen LogP contribution in [-0.4, -0.2) is 50.3 Å². The van der Waals surface area contributed by atoms with Crippen LogP contribution in [0.2, 0.25) is 0 Å². The van der Waals surface area contributed by atoms with E-state index in [1.54, 1.807) is 0 Å². The zero-order valence-corrected chi connectivity index (χ0v) is 10.9. The fourth-order valence-electron chi connectivity index (χ4n) is 1.75. The van der Waals surface area contributed by atoms with Crippen LogP contribution in [0.25, 0.3) is 0 Å². The van der Waals surface area contributed by atoms with Crippen LogP contribution in [0.1, 0.15) is 33.1 Å². The molecule has 0 saturated carbocycles. The summed E-state index contributed by atoms with van der Waals surface area (Å²) in [6.45, 7) is 5.93. The van der Waals surface area contributed by atoms with Crippen LogP contribution < -0.4 is 0 Å². The van der Waals surface area contributed by atoms with E-state index in [9.17, 15) is 9.00 Å². The molecule has 0 aliphatic carbocycles. The maximum Gasteiger partial charge on any atom is 0.321 e. The summed E-state index contributed by atoms with van der Waals surface area (Å²) in [5.41, 5.74) is 0. The van der Waals surface area contributed by atoms with Gasteiger partial charge in [-0.15, -0.1) is 0 Å². The Kier molecular flexibility index (Phi) is 4.92. The zero-order chi connectivity index (χ0) is 12.2. The average Bonchev–Trinajstić information content (AvgIpc) is 2.27. The molecule has 1 rings (SSSR count). The van der Waals surface area contributed by atoms with Gasteiger partial charge in [-0.3, -0.25) is 9.00 Å². The number of rotatable bonds is 5. The lowest BCUT2D eigenvalue weighted by Gasteiger charge is -2.27. The van der Waals surface area contributed by atoms with Gasteiger partial charge in [-0.25, -0.2) is 0 Å². The molecule has 16 heavy (non-hydrogen) atoms. The highest BCUT2D eigenvalue weighted by Gasteiger charge is 2.34. The van der Waals surface area contributed by atoms with E-state index in [1.807, 2.05) is 0 Å². The van der Waals surface area contributed by atoms with E-state index in [2.05, 4.69) is 4.90 Å². The van der Waals surface area contributed by atoms with E-state index in [4.69, 9.17) is 5.11 Å². The standard InChI is InChI=1S/C11H21NO3S/c1-11(2,10(13)14)16(15)9-8-12-6-4-3-5-7-12/h3-9H2,1-2H3,(H,13,14). The summed E-state index contributed by atoms with van der Waals surface area (Å²) >= 11 is 0. The second kappa shape index (κ2) is 5.77. The molecule has 1 heterocycles. The van der Waals surface area contributed by atoms with Crippen molar-refractivity contribution < 1.29 is 14.1 Å². The van der Waals surface area contributed by atoms with Gasteiger partial charge in [-0.2, -0.15) is 0 Å². The summed E-state index contributed by atoms with van der Waals surface area (Å²) in [4.78, 5) is 13.2. The molecule has 0 amide bonds. The van der Waals surface area contributed by atoms with E-state index < -0.39 is 21.5 Å². The lowest BCUT2D eigenvalue weighted by atomic mass is 10.1. The Labute approximate surface area is 99.5 Å². The molecule has 1 aliphatic rings. The molecular formula is C11H21NO3S. The molecule has 94 valence electrons. The second-order valence-corrected chi connectivity index (χ2v) is 6.89. The Balaban J connectivity index is 2.37. The Morgan fingerprint density at radius 2 is 1.88 bits per heavy atom. The number of piperidine rings is 1. The van der Waals surface area contributed by atoms with Gasteiger partial charge >= 0.3 is 5.97 Å². The lowest BCUT2D eigenvalue weighted by molar-refractivity contribution is -0.139. The molecule has 0 aromatic heterocycles. The highest BCUT2D eigenvalue weighted by molar-refractivity contribution is 7.87. The van der Waals surface area contributed by atoms with Crippen molar-refractivity contribution in [1.29, 1.82) is 0 Å². The summed E-state index contributed by atoms with van der Waals surface area (Å²) in [6.07, 6.45) is 3.68. The van der Waals surface area contributed by atoms with Gasteiger partial charge in [0.25, 0.3) is 0 Å². The fourth-order valence-corrected chi connectivity index (χ4v) is 2.88. The first-order chi connectivity index (χ1) is 7.44. The summed E-state index contributed by atoms with van der Waals surface area (Å²) in [6, 6.07) is 0. The van der Waals surface area contributed by atoms with Crippen molar-refractivity contribution in [3.05, 3.63) is 0 Å². The smallest absolute Gasteiger partial charge is 0.321 e. The van der Waals surface area contributed by atoms with Gasteiger partial charge in [-0.1, -0.05) is 6.42 Å². The third-order valence-corrected chi connectivity index (χ3v) is 4.99. The Morgan fingerprint density at radius 3 is 2.38 bits per heavy atom. The number of likely N-dealkylation sites (tertiary alicyclic amines) is 1. The molecule has 4 nitrogen and oxygen atoms in total. The molecule has 5 heteroatoms. The Bertz CT molecular complexity index is 272. The first-order valence-corrected chi connectivity index (χ1v) is 7.10. The predicted octanol–water partition coefficient (Wildman–Crippen LogP) is 1.08.